The molecular weight excluding hydrogens is 906 g/mol. The molecule has 7 heteroatoms. The molecule has 4 aromatic carbocycles. The first kappa shape index (κ1) is 39.4. The van der Waals surface area contributed by atoms with Gasteiger partial charge in [0.1, 0.15) is 0 Å². The van der Waals surface area contributed by atoms with Crippen molar-refractivity contribution in [2.75, 3.05) is 0 Å². The van der Waals surface area contributed by atoms with Gasteiger partial charge in [-0.2, -0.15) is 0 Å². The Morgan fingerprint density at radius 2 is 1.32 bits per heavy atom. The molecule has 0 saturated heterocycles. The molecule has 0 spiro atoms. The Bertz CT molecular complexity index is 3030. The second-order valence-corrected chi connectivity index (χ2v) is 20.9. The fourth-order valence-electron chi connectivity index (χ4n) is 9.26. The molecule has 9 rings (SSSR count). The van der Waals surface area contributed by atoms with E-state index in [9.17, 15) is 0 Å². The standard InChI is InChI=1S/C52H53N5O.Pt/c1-48(2,3)33-17-19-35(20-18-33)55-32-56(42-16-14-13-15-41(42)55)36-28-38(31-53-30-36)58-37-21-22-39-44(29-37)57(45-27-34(25-26-54-45)49(4,5)6)43-24-23-40-47(46(39)43)51(9,10)52(11,12)50(40,7)8;/h13-27,30-31H,1-12H3;/q-2;. The fourth-order valence-corrected chi connectivity index (χ4v) is 10.4. The number of fused-ring (bicyclic) bond motifs is 6. The van der Waals surface area contributed by atoms with E-state index in [-0.39, 0.29) is 27.1 Å². The van der Waals surface area contributed by atoms with Crippen molar-refractivity contribution in [1.82, 2.24) is 23.7 Å². The van der Waals surface area contributed by atoms with Gasteiger partial charge in [-0.3, -0.25) is 0 Å². The van der Waals surface area contributed by atoms with Crippen LogP contribution >= 0.6 is 0 Å². The summed E-state index contributed by atoms with van der Waals surface area (Å²) in [6, 6.07) is 37.9. The number of hydrogen-bond donors (Lipinski definition) is 0. The molecule has 1 aliphatic rings. The summed E-state index contributed by atoms with van der Waals surface area (Å²) in [6.07, 6.45) is 5.50. The van der Waals surface area contributed by atoms with Gasteiger partial charge in [-0.25, -0.2) is 0 Å². The molecule has 0 saturated carbocycles. The predicted molar refractivity (Wildman–Crippen MR) is 237 cm³/mol. The van der Waals surface area contributed by atoms with Crippen molar-refractivity contribution in [3.8, 4) is 28.7 Å². The third kappa shape index (κ3) is 5.95. The molecule has 8 aromatic rings. The molecule has 0 bridgehead atoms. The van der Waals surface area contributed by atoms with Gasteiger partial charge in [-0.1, -0.05) is 68.4 Å². The third-order valence-electron chi connectivity index (χ3n) is 13.9. The number of aromatic nitrogens is 5. The predicted octanol–water partition coefficient (Wildman–Crippen LogP) is 13.0. The molecule has 6 nitrogen and oxygen atoms in total. The van der Waals surface area contributed by atoms with Gasteiger partial charge in [-0.15, -0.1) is 0 Å². The van der Waals surface area contributed by atoms with E-state index in [0.29, 0.717) is 11.5 Å². The van der Waals surface area contributed by atoms with E-state index in [1.54, 1.807) is 6.20 Å². The van der Waals surface area contributed by atoms with Crippen molar-refractivity contribution < 1.29 is 24.1 Å². The van der Waals surface area contributed by atoms with Gasteiger partial charge in [0.05, 0.1) is 0 Å². The number of rotatable bonds is 5. The Morgan fingerprint density at radius 1 is 0.644 bits per heavy atom. The van der Waals surface area contributed by atoms with Crippen LogP contribution < -0.4 is 4.74 Å². The second kappa shape index (κ2) is 13.2. The second-order valence-electron chi connectivity index (χ2n) is 19.9. The van der Waals surface area contributed by atoms with E-state index < -0.39 is 0 Å². The SMILES string of the molecule is CC(C)(C)c1ccc(-n2[c](=[Pt])n(-c3[c-]c(Oc4[c-]c5c(cc4)c4c6c(ccc4n5-c4cc(C(C)(C)C)ccn4)C(C)(C)C(C)(C)C6(C)C)cnc3)c3ccccc32)cc1. The van der Waals surface area contributed by atoms with Crippen molar-refractivity contribution in [2.45, 2.75) is 105 Å². The fraction of sp³-hybridized carbons (Fsp3) is 0.327. The number of para-hydroxylation sites is 2. The summed E-state index contributed by atoms with van der Waals surface area (Å²) < 4.78 is 14.4. The van der Waals surface area contributed by atoms with Crippen LogP contribution in [0.5, 0.6) is 11.5 Å². The molecule has 0 amide bonds. The third-order valence-corrected chi connectivity index (χ3v) is 14.9. The van der Waals surface area contributed by atoms with Crippen molar-refractivity contribution in [1.29, 1.82) is 0 Å². The first-order chi connectivity index (χ1) is 27.7. The summed E-state index contributed by atoms with van der Waals surface area (Å²) in [5.41, 5.74) is 11.3. The number of nitrogens with zero attached hydrogens (tertiary/aromatic N) is 5. The van der Waals surface area contributed by atoms with Crippen LogP contribution in [0.25, 0.3) is 50.0 Å². The zero-order chi connectivity index (χ0) is 42.0. The Hall–Kier alpha value is -5.06. The van der Waals surface area contributed by atoms with E-state index in [4.69, 9.17) is 9.72 Å². The first-order valence-corrected chi connectivity index (χ1v) is 21.7. The van der Waals surface area contributed by atoms with Gasteiger partial charge in [0.25, 0.3) is 0 Å². The zero-order valence-electron chi connectivity index (χ0n) is 36.3. The van der Waals surface area contributed by atoms with Crippen molar-refractivity contribution in [3.05, 3.63) is 142 Å². The topological polar surface area (TPSA) is 49.8 Å². The Labute approximate surface area is 359 Å². The minimum absolute atomic E-state index is 0.00904. The van der Waals surface area contributed by atoms with Crippen LogP contribution in [0.1, 0.15) is 105 Å². The van der Waals surface area contributed by atoms with Crippen LogP contribution in [0.15, 0.2) is 104 Å². The molecule has 0 unspecified atom stereocenters. The summed E-state index contributed by atoms with van der Waals surface area (Å²) in [5, 5.41) is 2.40. The van der Waals surface area contributed by atoms with Crippen LogP contribution in [0.4, 0.5) is 0 Å². The Balaban J connectivity index is 1.19. The van der Waals surface area contributed by atoms with Gasteiger partial charge < -0.3 is 0 Å². The maximum absolute atomic E-state index is 6.67. The van der Waals surface area contributed by atoms with Crippen molar-refractivity contribution in [2.24, 2.45) is 5.41 Å². The molecular formula is C52H53N5OPt-2. The number of pyridine rings is 2. The van der Waals surface area contributed by atoms with E-state index in [0.717, 1.165) is 48.5 Å². The maximum atomic E-state index is 6.67. The van der Waals surface area contributed by atoms with Crippen LogP contribution in [-0.2, 0) is 41.0 Å². The quantitative estimate of drug-likeness (QED) is 0.162. The average molecular weight is 959 g/mol. The van der Waals surface area contributed by atoms with Gasteiger partial charge in [-0.05, 0) is 38.9 Å². The van der Waals surface area contributed by atoms with Gasteiger partial charge in [0.15, 0.2) is 0 Å². The van der Waals surface area contributed by atoms with Gasteiger partial charge in [0, 0.05) is 6.20 Å². The van der Waals surface area contributed by atoms with Gasteiger partial charge in [0.2, 0.25) is 0 Å². The Morgan fingerprint density at radius 3 is 2.00 bits per heavy atom. The summed E-state index contributed by atoms with van der Waals surface area (Å²) in [7, 11) is 0. The van der Waals surface area contributed by atoms with E-state index in [1.165, 1.54) is 27.6 Å². The van der Waals surface area contributed by atoms with Crippen molar-refractivity contribution in [3.63, 3.8) is 0 Å². The molecule has 304 valence electrons. The molecule has 0 radical (unpaired) electrons. The molecule has 4 aromatic heterocycles. The van der Waals surface area contributed by atoms with E-state index in [1.807, 2.05) is 18.5 Å². The molecule has 0 aliphatic heterocycles. The monoisotopic (exact) mass is 958 g/mol. The van der Waals surface area contributed by atoms with E-state index >= 15 is 0 Å². The normalized spacial score (nSPS) is 16.0. The molecule has 0 N–H and O–H groups in total. The molecule has 0 atom stereocenters. The van der Waals surface area contributed by atoms with Crippen molar-refractivity contribution >= 4 is 32.8 Å². The molecule has 1 aliphatic carbocycles. The molecule has 59 heavy (non-hydrogen) atoms. The average Bonchev–Trinajstić information content (AvgIpc) is 3.70. The number of imidazole rings is 1. The van der Waals surface area contributed by atoms with E-state index in [2.05, 4.69) is 212 Å². The minimum atomic E-state index is -0.102. The van der Waals surface area contributed by atoms with Gasteiger partial charge >= 0.3 is 248 Å². The molecule has 0 fully saturated rings. The number of hydrogen-bond acceptors (Lipinski definition) is 3. The first-order valence-electron chi connectivity index (χ1n) is 20.6. The number of ether oxygens (including phenoxy) is 1. The Kier molecular flexibility index (Phi) is 8.83. The summed E-state index contributed by atoms with van der Waals surface area (Å²) in [6.45, 7) is 27.9. The molecule has 4 heterocycles. The van der Waals surface area contributed by atoms with Crippen LogP contribution in [-0.4, -0.2) is 23.7 Å². The van der Waals surface area contributed by atoms with Crippen LogP contribution in [0.2, 0.25) is 0 Å². The summed E-state index contributed by atoms with van der Waals surface area (Å²) in [5.74, 6) is 1.96. The van der Waals surface area contributed by atoms with Crippen LogP contribution in [0.3, 0.4) is 0 Å². The number of benzene rings is 4. The van der Waals surface area contributed by atoms with Crippen LogP contribution in [0, 0.1) is 21.4 Å². The zero-order valence-corrected chi connectivity index (χ0v) is 38.5. The summed E-state index contributed by atoms with van der Waals surface area (Å²) in [4.78, 5) is 9.68. The summed E-state index contributed by atoms with van der Waals surface area (Å²) >= 11 is 2.41.